The average Bonchev–Trinajstić information content (AvgIpc) is 3.10. The Morgan fingerprint density at radius 3 is 2.40 bits per heavy atom. The third-order valence-corrected chi connectivity index (χ3v) is 9.77. The van der Waals surface area contributed by atoms with E-state index in [1.165, 1.54) is 32.9 Å². The number of alkyl halides is 4. The quantitative estimate of drug-likeness (QED) is 0.139. The van der Waals surface area contributed by atoms with Crippen LogP contribution in [0.2, 0.25) is 0 Å². The van der Waals surface area contributed by atoms with Gasteiger partial charge in [0.15, 0.2) is 0 Å². The first-order valence-corrected chi connectivity index (χ1v) is 17.6. The summed E-state index contributed by atoms with van der Waals surface area (Å²) in [6.45, 7) is 3.58. The molecule has 1 saturated heterocycles. The summed E-state index contributed by atoms with van der Waals surface area (Å²) in [6.07, 6.45) is -5.23. The molecule has 3 aromatic rings. The van der Waals surface area contributed by atoms with Crippen LogP contribution in [0.4, 0.5) is 30.7 Å². The smallest absolute Gasteiger partial charge is 0.416 e. The second-order valence-corrected chi connectivity index (χ2v) is 13.7. The number of esters is 1. The van der Waals surface area contributed by atoms with Crippen LogP contribution in [0, 0.1) is 24.5 Å². The molecule has 0 bridgehead atoms. The summed E-state index contributed by atoms with van der Waals surface area (Å²) < 4.78 is 108. The number of carbonyl (C=O) groups is 2. The highest BCUT2D eigenvalue weighted by molar-refractivity contribution is 5.86. The fourth-order valence-corrected chi connectivity index (χ4v) is 6.96. The highest BCUT2D eigenvalue weighted by atomic mass is 19.4. The number of aliphatic hydroxyl groups excluding tert-OH is 1. The monoisotopic (exact) mass is 779 g/mol. The molecule has 1 aliphatic carbocycles. The number of aliphatic hydroxyl groups is 1. The highest BCUT2D eigenvalue weighted by Gasteiger charge is 2.38. The number of halogens is 7. The van der Waals surface area contributed by atoms with Crippen molar-refractivity contribution in [3.63, 3.8) is 0 Å². The van der Waals surface area contributed by atoms with Crippen LogP contribution < -0.4 is 10.9 Å². The van der Waals surface area contributed by atoms with Gasteiger partial charge in [0.25, 0.3) is 5.56 Å². The number of phenols is 1. The van der Waals surface area contributed by atoms with Crippen LogP contribution >= 0.6 is 0 Å². The zero-order valence-electron chi connectivity index (χ0n) is 30.2. The van der Waals surface area contributed by atoms with E-state index in [1.54, 1.807) is 4.90 Å². The molecule has 1 amide bonds. The van der Waals surface area contributed by atoms with Crippen LogP contribution in [-0.2, 0) is 33.5 Å². The first-order chi connectivity index (χ1) is 25.9. The van der Waals surface area contributed by atoms with E-state index in [0.29, 0.717) is 4.57 Å². The molecular weight excluding hydrogens is 739 g/mol. The van der Waals surface area contributed by atoms with Gasteiger partial charge in [0, 0.05) is 54.5 Å². The predicted molar refractivity (Wildman–Crippen MR) is 187 cm³/mol. The van der Waals surface area contributed by atoms with E-state index in [-0.39, 0.29) is 78.7 Å². The maximum Gasteiger partial charge on any atom is 0.416 e. The van der Waals surface area contributed by atoms with E-state index in [4.69, 9.17) is 4.74 Å². The molecule has 2 aliphatic rings. The summed E-state index contributed by atoms with van der Waals surface area (Å²) in [5.74, 6) is -5.95. The Labute approximate surface area is 311 Å². The molecule has 2 heterocycles. The largest absolute Gasteiger partial charge is 0.507 e. The maximum absolute atomic E-state index is 16.2. The van der Waals surface area contributed by atoms with Crippen LogP contribution in [0.25, 0.3) is 5.57 Å². The Kier molecular flexibility index (Phi) is 12.6. The summed E-state index contributed by atoms with van der Waals surface area (Å²) in [5.41, 5.74) is -3.54. The molecule has 2 unspecified atom stereocenters. The summed E-state index contributed by atoms with van der Waals surface area (Å²) in [7, 11) is 0. The van der Waals surface area contributed by atoms with Crippen molar-refractivity contribution < 1.29 is 55.3 Å². The molecule has 0 spiro atoms. The number of rotatable bonds is 13. The zero-order valence-corrected chi connectivity index (χ0v) is 30.2. The second-order valence-electron chi connectivity index (χ2n) is 13.7. The molecular formula is C39H40F7N3O6. The first kappa shape index (κ1) is 41.2. The molecule has 0 radical (unpaired) electrons. The highest BCUT2D eigenvalue weighted by Crippen LogP contribution is 2.42. The Hall–Kier alpha value is -4.96. The molecule has 3 atom stereocenters. The number of benzene rings is 2. The van der Waals surface area contributed by atoms with Gasteiger partial charge in [-0.25, -0.2) is 17.6 Å². The molecule has 1 aromatic heterocycles. The molecule has 9 nitrogen and oxygen atoms in total. The molecule has 55 heavy (non-hydrogen) atoms. The number of pyridine rings is 1. The van der Waals surface area contributed by atoms with Gasteiger partial charge in [-0.3, -0.25) is 23.9 Å². The lowest BCUT2D eigenvalue weighted by Gasteiger charge is -2.34. The number of aromatic hydroxyl groups is 1. The van der Waals surface area contributed by atoms with Crippen molar-refractivity contribution in [2.24, 2.45) is 5.92 Å². The zero-order chi connectivity index (χ0) is 40.4. The fourth-order valence-electron chi connectivity index (χ4n) is 6.96. The number of hydrogen-bond donors (Lipinski definition) is 3. The Balaban J connectivity index is 1.66. The first-order valence-electron chi connectivity index (χ1n) is 17.6. The minimum atomic E-state index is -5.02. The van der Waals surface area contributed by atoms with Gasteiger partial charge in [-0.05, 0) is 73.2 Å². The summed E-state index contributed by atoms with van der Waals surface area (Å²) >= 11 is 0. The van der Waals surface area contributed by atoms with Gasteiger partial charge in [0.05, 0.1) is 31.2 Å². The number of hydrogen-bond acceptors (Lipinski definition) is 7. The molecule has 1 fully saturated rings. The van der Waals surface area contributed by atoms with E-state index in [2.05, 4.69) is 5.32 Å². The number of allylic oxidation sites excluding steroid dienone is 2. The Bertz CT molecular complexity index is 2070. The second kappa shape index (κ2) is 16.8. The van der Waals surface area contributed by atoms with Gasteiger partial charge in [-0.1, -0.05) is 19.1 Å². The lowest BCUT2D eigenvalue weighted by molar-refractivity contribution is -0.143. The van der Waals surface area contributed by atoms with Gasteiger partial charge < -0.3 is 20.3 Å². The third kappa shape index (κ3) is 9.13. The van der Waals surface area contributed by atoms with Crippen molar-refractivity contribution in [1.82, 2.24) is 14.8 Å². The predicted octanol–water partition coefficient (Wildman–Crippen LogP) is 6.22. The van der Waals surface area contributed by atoms with Crippen LogP contribution in [0.15, 0.2) is 64.9 Å². The normalized spacial score (nSPS) is 17.7. The summed E-state index contributed by atoms with van der Waals surface area (Å²) in [6, 6.07) is 1.87. The maximum atomic E-state index is 16.2. The molecule has 16 heteroatoms. The Morgan fingerprint density at radius 1 is 1.07 bits per heavy atom. The molecule has 5 rings (SSSR count). The van der Waals surface area contributed by atoms with Gasteiger partial charge in [0.2, 0.25) is 5.91 Å². The van der Waals surface area contributed by atoms with Gasteiger partial charge in [-0.2, -0.15) is 13.2 Å². The van der Waals surface area contributed by atoms with Crippen molar-refractivity contribution >= 4 is 17.4 Å². The molecule has 3 N–H and O–H groups in total. The summed E-state index contributed by atoms with van der Waals surface area (Å²) in [4.78, 5) is 42.5. The number of likely N-dealkylation sites (tertiary alicyclic amines) is 1. The van der Waals surface area contributed by atoms with Crippen LogP contribution in [0.3, 0.4) is 0 Å². The van der Waals surface area contributed by atoms with Gasteiger partial charge in [0.1, 0.15) is 35.4 Å². The van der Waals surface area contributed by atoms with Crippen molar-refractivity contribution in [2.75, 3.05) is 26.2 Å². The van der Waals surface area contributed by atoms with Crippen LogP contribution in [0.5, 0.6) is 5.75 Å². The molecule has 296 valence electrons. The number of nitrogens with zero attached hydrogens (tertiary/aromatic N) is 2. The van der Waals surface area contributed by atoms with Gasteiger partial charge >= 0.3 is 12.1 Å². The molecule has 0 saturated carbocycles. The Morgan fingerprint density at radius 2 is 1.76 bits per heavy atom. The fraction of sp³-hybridized carbons (Fsp3) is 0.410. The van der Waals surface area contributed by atoms with Crippen molar-refractivity contribution in [3.8, 4) is 5.75 Å². The lowest BCUT2D eigenvalue weighted by Crippen LogP contribution is -2.49. The number of amides is 1. The number of nitrogens with one attached hydrogen (secondary N) is 1. The molecule has 2 aromatic carbocycles. The number of aromatic nitrogens is 1. The third-order valence-electron chi connectivity index (χ3n) is 9.77. The molecule has 1 aliphatic heterocycles. The van der Waals surface area contributed by atoms with Crippen molar-refractivity contribution in [1.29, 1.82) is 0 Å². The van der Waals surface area contributed by atoms with E-state index in [9.17, 15) is 46.5 Å². The van der Waals surface area contributed by atoms with E-state index in [0.717, 1.165) is 30.5 Å². The summed E-state index contributed by atoms with van der Waals surface area (Å²) in [5, 5.41) is 23.0. The van der Waals surface area contributed by atoms with E-state index in [1.807, 2.05) is 0 Å². The number of phenolic OH excluding ortho intramolecular Hbond substituents is 1. The van der Waals surface area contributed by atoms with Crippen LogP contribution in [-0.4, -0.2) is 70.0 Å². The minimum Gasteiger partial charge on any atom is -0.507 e. The van der Waals surface area contributed by atoms with Crippen molar-refractivity contribution in [3.05, 3.63) is 115 Å². The van der Waals surface area contributed by atoms with Crippen LogP contribution in [0.1, 0.15) is 66.1 Å². The minimum absolute atomic E-state index is 0.00732. The average molecular weight is 780 g/mol. The van der Waals surface area contributed by atoms with Crippen molar-refractivity contribution in [2.45, 2.75) is 71.1 Å². The topological polar surface area (TPSA) is 121 Å². The number of carbonyl (C=O) groups excluding carboxylic acids is 2. The van der Waals surface area contributed by atoms with E-state index >= 15 is 8.78 Å². The van der Waals surface area contributed by atoms with Gasteiger partial charge in [-0.15, -0.1) is 0 Å². The standard InChI is InChI=1S/C39H40F7N3O6/c1-4-55-34(53)15-31(27-13-24(11-20(2)36(27)43)35-21(3)29(41)7-8-32(35)51)47-38(54)37(26-12-22(19-50)5-6-30(26)42)49-16-23(9-10-48-17-25(40)18-48)28(14-33(49)52)39(44,45)46/h5-8,12-14,16,20,25,31,37,50-51H,4,9-11,15,17-19H2,1-3H3,(H,47,54)/t20?,31-,37?/m0/s1. The number of ether oxygens (including phenoxy) is 1. The SMILES string of the molecule is CCOC(=O)C[C@H](NC(=O)C(c1cc(CO)ccc1F)n1cc(CCN2CC(F)C2)c(C(F)(F)F)cc1=O)C1=C(F)C(C)CC(c2c(O)ccc(F)c2C)=C1. The van der Waals surface area contributed by atoms with E-state index < -0.39 is 95.0 Å². The lowest BCUT2D eigenvalue weighted by atomic mass is 9.82.